The molecule has 1 aromatic rings. The van der Waals surface area contributed by atoms with Crippen molar-refractivity contribution in [3.05, 3.63) is 39.9 Å². The zero-order valence-corrected chi connectivity index (χ0v) is 21.1. The van der Waals surface area contributed by atoms with Crippen LogP contribution in [0, 0.1) is 10.1 Å². The highest BCUT2D eigenvalue weighted by atomic mass is 32.2. The lowest BCUT2D eigenvalue weighted by Gasteiger charge is -2.21. The Morgan fingerprint density at radius 2 is 1.72 bits per heavy atom. The summed E-state index contributed by atoms with van der Waals surface area (Å²) in [6, 6.07) is 3.04. The van der Waals surface area contributed by atoms with Gasteiger partial charge in [0.05, 0.1) is 10.8 Å². The number of thioether (sulfide) groups is 2. The van der Waals surface area contributed by atoms with Gasteiger partial charge in [-0.2, -0.15) is 11.8 Å². The minimum atomic E-state index is -1.23. The Labute approximate surface area is 214 Å². The van der Waals surface area contributed by atoms with Crippen molar-refractivity contribution in [1.82, 2.24) is 21.3 Å². The van der Waals surface area contributed by atoms with Gasteiger partial charge in [-0.1, -0.05) is 0 Å². The number of aliphatic carboxylic acids is 1. The smallest absolute Gasteiger partial charge is 0.407 e. The number of non-ortho nitro benzene ring substituents is 1. The molecule has 1 aromatic carbocycles. The predicted molar refractivity (Wildman–Crippen MR) is 132 cm³/mol. The first-order valence-electron chi connectivity index (χ1n) is 10.3. The van der Waals surface area contributed by atoms with Crippen LogP contribution in [0.3, 0.4) is 0 Å². The van der Waals surface area contributed by atoms with Gasteiger partial charge < -0.3 is 31.1 Å². The van der Waals surface area contributed by atoms with Gasteiger partial charge in [-0.3, -0.25) is 24.5 Å². The third-order valence-electron chi connectivity index (χ3n) is 4.22. The number of carboxylic acid groups (broad SMARTS) is 1. The Morgan fingerprint density at radius 1 is 1.06 bits per heavy atom. The summed E-state index contributed by atoms with van der Waals surface area (Å²) in [7, 11) is 0. The molecule has 0 aromatic heterocycles. The van der Waals surface area contributed by atoms with Gasteiger partial charge in [0.2, 0.25) is 17.7 Å². The number of alkyl carbamates (subject to hydrolysis) is 1. The van der Waals surface area contributed by atoms with E-state index in [1.165, 1.54) is 43.0 Å². The van der Waals surface area contributed by atoms with Gasteiger partial charge in [0.15, 0.2) is 0 Å². The SMILES string of the molecule is CSC[C@H](NC(=O)[C@H](CSCNC(C)=O)NC(=O)CNC(=O)OCc1ccc([N+](=O)[O-])cc1)C(=O)O. The molecule has 1 rings (SSSR count). The van der Waals surface area contributed by atoms with E-state index in [-0.39, 0.29) is 35.6 Å². The average molecular weight is 546 g/mol. The number of amides is 4. The fourth-order valence-electron chi connectivity index (χ4n) is 2.44. The molecule has 0 heterocycles. The van der Waals surface area contributed by atoms with Crippen LogP contribution in [0.25, 0.3) is 0 Å². The summed E-state index contributed by atoms with van der Waals surface area (Å²) < 4.78 is 4.95. The Hall–Kier alpha value is -3.53. The zero-order valence-electron chi connectivity index (χ0n) is 19.5. The second-order valence-electron chi connectivity index (χ2n) is 7.08. The molecule has 4 amide bonds. The van der Waals surface area contributed by atoms with E-state index in [0.717, 1.165) is 11.8 Å². The number of hydrogen-bond acceptors (Lipinski definition) is 10. The maximum Gasteiger partial charge on any atom is 0.407 e. The molecular weight excluding hydrogens is 518 g/mol. The quantitative estimate of drug-likeness (QED) is 0.0862. The number of nitrogens with one attached hydrogen (secondary N) is 4. The highest BCUT2D eigenvalue weighted by Gasteiger charge is 2.26. The van der Waals surface area contributed by atoms with Crippen LogP contribution in [-0.2, 0) is 30.5 Å². The van der Waals surface area contributed by atoms with Crippen molar-refractivity contribution in [2.75, 3.05) is 30.2 Å². The molecule has 0 radical (unpaired) electrons. The summed E-state index contributed by atoms with van der Waals surface area (Å²) in [5.74, 6) is -2.69. The number of rotatable bonds is 15. The van der Waals surface area contributed by atoms with Crippen molar-refractivity contribution in [3.63, 3.8) is 0 Å². The van der Waals surface area contributed by atoms with E-state index in [1.54, 1.807) is 6.26 Å². The molecule has 0 aliphatic carbocycles. The first kappa shape index (κ1) is 30.5. The number of ether oxygens (including phenoxy) is 1. The molecule has 0 fully saturated rings. The van der Waals surface area contributed by atoms with E-state index in [0.29, 0.717) is 5.56 Å². The summed E-state index contributed by atoms with van der Waals surface area (Å²) in [5.41, 5.74) is 0.378. The van der Waals surface area contributed by atoms with E-state index in [9.17, 15) is 39.2 Å². The molecule has 14 nitrogen and oxygen atoms in total. The van der Waals surface area contributed by atoms with Gasteiger partial charge in [0, 0.05) is 30.6 Å². The Kier molecular flexibility index (Phi) is 13.7. The number of carbonyl (C=O) groups is 5. The maximum atomic E-state index is 12.6. The number of nitrogens with zero attached hydrogens (tertiary/aromatic N) is 1. The lowest BCUT2D eigenvalue weighted by atomic mass is 10.2. The summed E-state index contributed by atoms with van der Waals surface area (Å²) in [6.07, 6.45) is 0.743. The molecule has 0 saturated carbocycles. The number of carbonyl (C=O) groups excluding carboxylic acids is 4. The van der Waals surface area contributed by atoms with Crippen LogP contribution in [-0.4, -0.2) is 82.1 Å². The van der Waals surface area contributed by atoms with E-state index in [1.807, 2.05) is 0 Å². The van der Waals surface area contributed by atoms with Crippen LogP contribution in [0.1, 0.15) is 12.5 Å². The van der Waals surface area contributed by atoms with E-state index < -0.39 is 47.4 Å². The van der Waals surface area contributed by atoms with Gasteiger partial charge in [-0.15, -0.1) is 11.8 Å². The van der Waals surface area contributed by atoms with Crippen LogP contribution in [0.2, 0.25) is 0 Å². The summed E-state index contributed by atoms with van der Waals surface area (Å²) in [6.45, 7) is 0.591. The molecule has 16 heteroatoms. The molecule has 0 aliphatic rings. The number of hydrogen-bond donors (Lipinski definition) is 5. The van der Waals surface area contributed by atoms with Crippen molar-refractivity contribution in [3.8, 4) is 0 Å². The Morgan fingerprint density at radius 3 is 2.28 bits per heavy atom. The zero-order chi connectivity index (χ0) is 27.1. The predicted octanol–water partition coefficient (Wildman–Crippen LogP) is 0.0650. The standard InChI is InChI=1S/C20H27N5O9S2/c1-12(26)22-11-36-10-15(18(28)24-16(9-35-2)19(29)30)23-17(27)7-21-20(31)34-8-13-3-5-14(6-4-13)25(32)33/h3-6,15-16H,7-11H2,1-2H3,(H,21,31)(H,22,26)(H,23,27)(H,24,28)(H,29,30)/t15-,16-/m0/s1. The molecule has 0 unspecified atom stereocenters. The van der Waals surface area contributed by atoms with E-state index >= 15 is 0 Å². The number of carboxylic acids is 1. The van der Waals surface area contributed by atoms with Crippen molar-refractivity contribution in [1.29, 1.82) is 0 Å². The lowest BCUT2D eigenvalue weighted by molar-refractivity contribution is -0.384. The molecule has 5 N–H and O–H groups in total. The first-order valence-corrected chi connectivity index (χ1v) is 12.9. The molecule has 0 bridgehead atoms. The van der Waals surface area contributed by atoms with E-state index in [4.69, 9.17) is 4.74 Å². The molecule has 198 valence electrons. The molecule has 36 heavy (non-hydrogen) atoms. The largest absolute Gasteiger partial charge is 0.480 e. The number of benzene rings is 1. The second kappa shape index (κ2) is 16.2. The fraction of sp³-hybridized carbons (Fsp3) is 0.450. The normalized spacial score (nSPS) is 11.9. The van der Waals surface area contributed by atoms with Gasteiger partial charge in [-0.05, 0) is 24.0 Å². The molecule has 0 aliphatic heterocycles. The summed E-state index contributed by atoms with van der Waals surface area (Å²) in [4.78, 5) is 69.2. The average Bonchev–Trinajstić information content (AvgIpc) is 2.82. The minimum Gasteiger partial charge on any atom is -0.480 e. The highest BCUT2D eigenvalue weighted by Crippen LogP contribution is 2.12. The van der Waals surface area contributed by atoms with Crippen molar-refractivity contribution in [2.24, 2.45) is 0 Å². The molecule has 0 spiro atoms. The van der Waals surface area contributed by atoms with Gasteiger partial charge in [0.25, 0.3) is 5.69 Å². The first-order chi connectivity index (χ1) is 17.0. The molecule has 0 saturated heterocycles. The summed E-state index contributed by atoms with van der Waals surface area (Å²) in [5, 5.41) is 29.4. The van der Waals surface area contributed by atoms with Crippen molar-refractivity contribution in [2.45, 2.75) is 25.6 Å². The van der Waals surface area contributed by atoms with Gasteiger partial charge >= 0.3 is 12.1 Å². The van der Waals surface area contributed by atoms with Crippen molar-refractivity contribution >= 4 is 59.0 Å². The maximum absolute atomic E-state index is 12.6. The van der Waals surface area contributed by atoms with Crippen LogP contribution in [0.15, 0.2) is 24.3 Å². The fourth-order valence-corrected chi connectivity index (χ4v) is 3.89. The van der Waals surface area contributed by atoms with E-state index in [2.05, 4.69) is 21.3 Å². The highest BCUT2D eigenvalue weighted by molar-refractivity contribution is 7.99. The van der Waals surface area contributed by atoms with Crippen LogP contribution in [0.4, 0.5) is 10.5 Å². The van der Waals surface area contributed by atoms with Gasteiger partial charge in [0.1, 0.15) is 25.2 Å². The van der Waals surface area contributed by atoms with Crippen LogP contribution >= 0.6 is 23.5 Å². The van der Waals surface area contributed by atoms with Gasteiger partial charge in [-0.25, -0.2) is 9.59 Å². The topological polar surface area (TPSA) is 206 Å². The van der Waals surface area contributed by atoms with Crippen LogP contribution < -0.4 is 21.3 Å². The monoisotopic (exact) mass is 545 g/mol. The minimum absolute atomic E-state index is 0.0219. The number of nitro groups is 1. The molecule has 2 atom stereocenters. The Bertz CT molecular complexity index is 946. The van der Waals surface area contributed by atoms with Crippen molar-refractivity contribution < 1.29 is 38.7 Å². The third-order valence-corrected chi connectivity index (χ3v) is 5.80. The Balaban J connectivity index is 2.60. The molecular formula is C20H27N5O9S2. The number of nitro benzene ring substituents is 1. The van der Waals surface area contributed by atoms with Crippen LogP contribution in [0.5, 0.6) is 0 Å². The lowest BCUT2D eigenvalue weighted by Crippen LogP contribution is -2.54. The second-order valence-corrected chi connectivity index (χ2v) is 9.02. The summed E-state index contributed by atoms with van der Waals surface area (Å²) >= 11 is 2.35. The third kappa shape index (κ3) is 12.3.